The van der Waals surface area contributed by atoms with Gasteiger partial charge in [0.05, 0.1) is 26.4 Å². The van der Waals surface area contributed by atoms with Crippen molar-refractivity contribution >= 4 is 5.91 Å². The van der Waals surface area contributed by atoms with Gasteiger partial charge in [-0.3, -0.25) is 10.1 Å². The second kappa shape index (κ2) is 11.3. The summed E-state index contributed by atoms with van der Waals surface area (Å²) in [4.78, 5) is 13.8. The number of carbonyl (C=O) groups excluding carboxylic acids is 1. The van der Waals surface area contributed by atoms with Crippen molar-refractivity contribution in [1.29, 1.82) is 0 Å². The standard InChI is InChI=1S/C30H36N4O3/c1-19-9-11-21(12-10-19)28-27-24(30(35)31-16-15-20-7-5-4-6-8-20)18-25(32-29(27)34-33-28)23-17-22(36-2)13-14-26(23)37-3/h4-14,17,24-25,27-29,32-34H,15-16,18H2,1-3H3,(H,31,35). The lowest BCUT2D eigenvalue weighted by atomic mass is 9.74. The van der Waals surface area contributed by atoms with E-state index in [0.29, 0.717) is 13.0 Å². The molecule has 2 aliphatic heterocycles. The number of methoxy groups -OCH3 is 2. The summed E-state index contributed by atoms with van der Waals surface area (Å²) in [5.41, 5.74) is 11.5. The third-order valence-corrected chi connectivity index (χ3v) is 7.64. The highest BCUT2D eigenvalue weighted by molar-refractivity contribution is 5.79. The maximum absolute atomic E-state index is 13.8. The predicted octanol–water partition coefficient (Wildman–Crippen LogP) is 3.81. The number of ether oxygens (including phenoxy) is 2. The van der Waals surface area contributed by atoms with Crippen molar-refractivity contribution < 1.29 is 14.3 Å². The number of piperidine rings is 1. The molecule has 37 heavy (non-hydrogen) atoms. The summed E-state index contributed by atoms with van der Waals surface area (Å²) in [6.07, 6.45) is 1.36. The molecule has 0 aromatic heterocycles. The maximum atomic E-state index is 13.8. The molecule has 0 spiro atoms. The first kappa shape index (κ1) is 25.3. The van der Waals surface area contributed by atoms with Crippen LogP contribution in [0.1, 0.15) is 40.8 Å². The quantitative estimate of drug-likeness (QED) is 0.377. The number of hydrazine groups is 1. The van der Waals surface area contributed by atoms with Gasteiger partial charge in [0.1, 0.15) is 11.5 Å². The van der Waals surface area contributed by atoms with Gasteiger partial charge in [0, 0.05) is 30.0 Å². The van der Waals surface area contributed by atoms with Crippen molar-refractivity contribution in [1.82, 2.24) is 21.5 Å². The van der Waals surface area contributed by atoms with E-state index in [-0.39, 0.29) is 36.0 Å². The molecule has 0 radical (unpaired) electrons. The van der Waals surface area contributed by atoms with E-state index >= 15 is 0 Å². The normalized spacial score (nSPS) is 24.8. The van der Waals surface area contributed by atoms with Gasteiger partial charge in [-0.2, -0.15) is 0 Å². The molecule has 3 aromatic rings. The summed E-state index contributed by atoms with van der Waals surface area (Å²) in [6, 6.07) is 24.6. The first-order valence-electron chi connectivity index (χ1n) is 12.9. The van der Waals surface area contributed by atoms with E-state index in [1.165, 1.54) is 16.7 Å². The van der Waals surface area contributed by atoms with Gasteiger partial charge in [-0.25, -0.2) is 10.9 Å². The fourth-order valence-electron chi connectivity index (χ4n) is 5.67. The van der Waals surface area contributed by atoms with Crippen molar-refractivity contribution in [2.75, 3.05) is 20.8 Å². The van der Waals surface area contributed by atoms with Gasteiger partial charge in [0.2, 0.25) is 5.91 Å². The van der Waals surface area contributed by atoms with E-state index in [9.17, 15) is 4.79 Å². The van der Waals surface area contributed by atoms with Crippen LogP contribution in [0.25, 0.3) is 0 Å². The molecular formula is C30H36N4O3. The average molecular weight is 501 g/mol. The second-order valence-corrected chi connectivity index (χ2v) is 9.93. The summed E-state index contributed by atoms with van der Waals surface area (Å²) >= 11 is 0. The summed E-state index contributed by atoms with van der Waals surface area (Å²) in [6.45, 7) is 2.69. The zero-order valence-corrected chi connectivity index (χ0v) is 21.7. The van der Waals surface area contributed by atoms with Gasteiger partial charge in [0.15, 0.2) is 0 Å². The van der Waals surface area contributed by atoms with Crippen molar-refractivity contribution in [2.24, 2.45) is 11.8 Å². The Kier molecular flexibility index (Phi) is 7.74. The Hall–Kier alpha value is -3.39. The first-order chi connectivity index (χ1) is 18.1. The molecule has 2 fully saturated rings. The van der Waals surface area contributed by atoms with Crippen LogP contribution in [0.4, 0.5) is 0 Å². The van der Waals surface area contributed by atoms with Crippen LogP contribution < -0.4 is 31.0 Å². The zero-order chi connectivity index (χ0) is 25.8. The van der Waals surface area contributed by atoms with Gasteiger partial charge in [-0.15, -0.1) is 0 Å². The fourth-order valence-corrected chi connectivity index (χ4v) is 5.67. The summed E-state index contributed by atoms with van der Waals surface area (Å²) in [5.74, 6) is 1.45. The largest absolute Gasteiger partial charge is 0.497 e. The summed E-state index contributed by atoms with van der Waals surface area (Å²) < 4.78 is 11.2. The van der Waals surface area contributed by atoms with Crippen LogP contribution in [0.2, 0.25) is 0 Å². The lowest BCUT2D eigenvalue weighted by Crippen LogP contribution is -2.54. The van der Waals surface area contributed by atoms with E-state index < -0.39 is 0 Å². The Labute approximate surface area is 218 Å². The highest BCUT2D eigenvalue weighted by Gasteiger charge is 2.49. The van der Waals surface area contributed by atoms with Crippen LogP contribution in [0, 0.1) is 18.8 Å². The van der Waals surface area contributed by atoms with E-state index in [2.05, 4.69) is 64.8 Å². The van der Waals surface area contributed by atoms with E-state index in [1.807, 2.05) is 36.4 Å². The van der Waals surface area contributed by atoms with Gasteiger partial charge in [-0.1, -0.05) is 60.2 Å². The number of hydrogen-bond acceptors (Lipinski definition) is 6. The maximum Gasteiger partial charge on any atom is 0.223 e. The van der Waals surface area contributed by atoms with Gasteiger partial charge >= 0.3 is 0 Å². The molecule has 7 heteroatoms. The van der Waals surface area contributed by atoms with Crippen LogP contribution in [-0.4, -0.2) is 32.8 Å². The number of benzene rings is 3. The van der Waals surface area contributed by atoms with Gasteiger partial charge in [0.25, 0.3) is 0 Å². The Bertz CT molecular complexity index is 1200. The molecule has 4 N–H and O–H groups in total. The molecule has 0 aliphatic carbocycles. The third-order valence-electron chi connectivity index (χ3n) is 7.64. The highest BCUT2D eigenvalue weighted by Crippen LogP contribution is 2.44. The van der Waals surface area contributed by atoms with Crippen LogP contribution in [0.15, 0.2) is 72.8 Å². The molecule has 2 saturated heterocycles. The van der Waals surface area contributed by atoms with E-state index in [1.54, 1.807) is 14.2 Å². The average Bonchev–Trinajstić information content (AvgIpc) is 3.37. The molecule has 0 bridgehead atoms. The molecule has 3 aromatic carbocycles. The first-order valence-corrected chi connectivity index (χ1v) is 12.9. The molecule has 2 heterocycles. The highest BCUT2D eigenvalue weighted by atomic mass is 16.5. The van der Waals surface area contributed by atoms with Crippen LogP contribution in [0.5, 0.6) is 11.5 Å². The summed E-state index contributed by atoms with van der Waals surface area (Å²) in [7, 11) is 3.33. The van der Waals surface area contributed by atoms with E-state index in [0.717, 1.165) is 23.5 Å². The van der Waals surface area contributed by atoms with E-state index in [4.69, 9.17) is 9.47 Å². The van der Waals surface area contributed by atoms with Crippen LogP contribution in [-0.2, 0) is 11.2 Å². The van der Waals surface area contributed by atoms with Crippen molar-refractivity contribution in [2.45, 2.75) is 38.0 Å². The molecule has 7 nitrogen and oxygen atoms in total. The minimum Gasteiger partial charge on any atom is -0.497 e. The fraction of sp³-hybridized carbons (Fsp3) is 0.367. The van der Waals surface area contributed by atoms with Crippen LogP contribution >= 0.6 is 0 Å². The third kappa shape index (κ3) is 5.49. The molecule has 0 saturated carbocycles. The Morgan fingerprint density at radius 3 is 2.49 bits per heavy atom. The zero-order valence-electron chi connectivity index (χ0n) is 21.7. The SMILES string of the molecule is COc1ccc(OC)c(C2CC(C(=O)NCCc3ccccc3)C3C(NNC3c3ccc(C)cc3)N2)c1. The molecule has 194 valence electrons. The number of rotatable bonds is 8. The number of hydrogen-bond donors (Lipinski definition) is 4. The second-order valence-electron chi connectivity index (χ2n) is 9.93. The topological polar surface area (TPSA) is 83.7 Å². The lowest BCUT2D eigenvalue weighted by molar-refractivity contribution is -0.128. The number of fused-ring (bicyclic) bond motifs is 1. The number of nitrogens with one attached hydrogen (secondary N) is 4. The van der Waals surface area contributed by atoms with Crippen molar-refractivity contribution in [3.05, 3.63) is 95.1 Å². The minimum absolute atomic E-state index is 0.0103. The molecule has 5 unspecified atom stereocenters. The predicted molar refractivity (Wildman–Crippen MR) is 144 cm³/mol. The van der Waals surface area contributed by atoms with Crippen LogP contribution in [0.3, 0.4) is 0 Å². The molecule has 2 aliphatic rings. The molecular weight excluding hydrogens is 464 g/mol. The number of aryl methyl sites for hydroxylation is 1. The van der Waals surface area contributed by atoms with Crippen molar-refractivity contribution in [3.63, 3.8) is 0 Å². The Morgan fingerprint density at radius 1 is 0.973 bits per heavy atom. The van der Waals surface area contributed by atoms with Crippen molar-refractivity contribution in [3.8, 4) is 11.5 Å². The minimum atomic E-state index is -0.211. The monoisotopic (exact) mass is 500 g/mol. The molecule has 5 atom stereocenters. The Morgan fingerprint density at radius 2 is 1.76 bits per heavy atom. The molecule has 5 rings (SSSR count). The lowest BCUT2D eigenvalue weighted by Gasteiger charge is -2.40. The molecule has 1 amide bonds. The summed E-state index contributed by atoms with van der Waals surface area (Å²) in [5, 5.41) is 6.99. The smallest absolute Gasteiger partial charge is 0.223 e. The van der Waals surface area contributed by atoms with Gasteiger partial charge in [-0.05, 0) is 49.1 Å². The van der Waals surface area contributed by atoms with Gasteiger partial charge < -0.3 is 14.8 Å². The number of carbonyl (C=O) groups is 1. The number of amides is 1. The Balaban J connectivity index is 1.41.